The molecule has 0 bridgehead atoms. The van der Waals surface area contributed by atoms with Crippen LogP contribution in [0.25, 0.3) is 0 Å². The number of aryl methyl sites for hydroxylation is 1. The maximum atomic E-state index is 12.5. The molecule has 1 N–H and O–H groups in total. The second-order valence-electron chi connectivity index (χ2n) is 6.29. The van der Waals surface area contributed by atoms with Gasteiger partial charge in [-0.3, -0.25) is 9.69 Å². The van der Waals surface area contributed by atoms with E-state index in [0.717, 1.165) is 37.4 Å². The maximum absolute atomic E-state index is 12.5. The fraction of sp³-hybridized carbons (Fsp3) is 0.350. The highest BCUT2D eigenvalue weighted by Gasteiger charge is 2.23. The Morgan fingerprint density at radius 3 is 2.40 bits per heavy atom. The van der Waals surface area contributed by atoms with Crippen molar-refractivity contribution in [1.29, 1.82) is 0 Å². The number of morpholine rings is 1. The number of carbonyl (C=O) groups is 1. The molecule has 132 valence electrons. The van der Waals surface area contributed by atoms with Crippen molar-refractivity contribution in [2.24, 2.45) is 0 Å². The molecule has 3 rings (SSSR count). The van der Waals surface area contributed by atoms with Crippen LogP contribution in [0.5, 0.6) is 0 Å². The first-order valence-electron chi connectivity index (χ1n) is 8.55. The van der Waals surface area contributed by atoms with Crippen LogP contribution in [0.4, 0.5) is 0 Å². The summed E-state index contributed by atoms with van der Waals surface area (Å²) in [5.74, 6) is -0.0489. The number of rotatable bonds is 5. The summed E-state index contributed by atoms with van der Waals surface area (Å²) >= 11 is 6.02. The molecule has 2 aromatic carbocycles. The number of nitrogens with one attached hydrogen (secondary N) is 1. The summed E-state index contributed by atoms with van der Waals surface area (Å²) in [6.45, 7) is 5.71. The Bertz CT molecular complexity index is 695. The third-order valence-electron chi connectivity index (χ3n) is 4.51. The van der Waals surface area contributed by atoms with Gasteiger partial charge in [0.05, 0.1) is 19.3 Å². The molecule has 1 heterocycles. The molecule has 2 aromatic rings. The zero-order chi connectivity index (χ0) is 17.6. The number of benzene rings is 2. The topological polar surface area (TPSA) is 41.6 Å². The van der Waals surface area contributed by atoms with Crippen LogP contribution in [-0.4, -0.2) is 43.7 Å². The molecular weight excluding hydrogens is 336 g/mol. The minimum atomic E-state index is -0.0489. The van der Waals surface area contributed by atoms with Crippen molar-refractivity contribution >= 4 is 17.5 Å². The van der Waals surface area contributed by atoms with Crippen LogP contribution in [0.15, 0.2) is 48.5 Å². The Morgan fingerprint density at radius 2 is 1.76 bits per heavy atom. The zero-order valence-electron chi connectivity index (χ0n) is 14.4. The minimum absolute atomic E-state index is 0.0489. The van der Waals surface area contributed by atoms with Crippen LogP contribution < -0.4 is 5.32 Å². The van der Waals surface area contributed by atoms with Gasteiger partial charge in [-0.15, -0.1) is 0 Å². The van der Waals surface area contributed by atoms with Gasteiger partial charge in [-0.05, 0) is 36.8 Å². The fourth-order valence-electron chi connectivity index (χ4n) is 3.03. The molecule has 1 amide bonds. The smallest absolute Gasteiger partial charge is 0.251 e. The largest absolute Gasteiger partial charge is 0.379 e. The van der Waals surface area contributed by atoms with E-state index < -0.39 is 0 Å². The maximum Gasteiger partial charge on any atom is 0.251 e. The van der Waals surface area contributed by atoms with Gasteiger partial charge in [0.25, 0.3) is 5.91 Å². The number of hydrogen-bond acceptors (Lipinski definition) is 3. The van der Waals surface area contributed by atoms with Crippen LogP contribution >= 0.6 is 11.6 Å². The highest BCUT2D eigenvalue weighted by molar-refractivity contribution is 6.30. The standard InChI is InChI=1S/C20H23ClN2O2/c1-15-2-4-17(5-3-15)20(24)22-14-19(23-10-12-25-13-11-23)16-6-8-18(21)9-7-16/h2-9,19H,10-14H2,1H3,(H,22,24). The average Bonchev–Trinajstić information content (AvgIpc) is 2.64. The van der Waals surface area contributed by atoms with Crippen molar-refractivity contribution in [3.8, 4) is 0 Å². The summed E-state index contributed by atoms with van der Waals surface area (Å²) in [6, 6.07) is 15.6. The SMILES string of the molecule is Cc1ccc(C(=O)NCC(c2ccc(Cl)cc2)N2CCOCC2)cc1. The third kappa shape index (κ3) is 4.82. The number of ether oxygens (including phenoxy) is 1. The molecule has 5 heteroatoms. The van der Waals surface area contributed by atoms with Crippen molar-refractivity contribution < 1.29 is 9.53 Å². The first kappa shape index (κ1) is 17.9. The lowest BCUT2D eigenvalue weighted by atomic mass is 10.0. The average molecular weight is 359 g/mol. The monoisotopic (exact) mass is 358 g/mol. The van der Waals surface area contributed by atoms with E-state index in [4.69, 9.17) is 16.3 Å². The van der Waals surface area contributed by atoms with Crippen LogP contribution in [0.2, 0.25) is 5.02 Å². The first-order chi connectivity index (χ1) is 12.1. The van der Waals surface area contributed by atoms with Gasteiger partial charge >= 0.3 is 0 Å². The number of halogens is 1. The Balaban J connectivity index is 1.71. The summed E-state index contributed by atoms with van der Waals surface area (Å²) in [7, 11) is 0. The lowest BCUT2D eigenvalue weighted by molar-refractivity contribution is 0.0162. The molecule has 4 nitrogen and oxygen atoms in total. The third-order valence-corrected chi connectivity index (χ3v) is 4.76. The molecule has 0 aliphatic carbocycles. The molecule has 25 heavy (non-hydrogen) atoms. The lowest BCUT2D eigenvalue weighted by Gasteiger charge is -2.35. The van der Waals surface area contributed by atoms with Crippen LogP contribution in [-0.2, 0) is 4.74 Å². The number of amides is 1. The molecule has 0 radical (unpaired) electrons. The lowest BCUT2D eigenvalue weighted by Crippen LogP contribution is -2.43. The Morgan fingerprint density at radius 1 is 1.12 bits per heavy atom. The van der Waals surface area contributed by atoms with Gasteiger partial charge in [-0.1, -0.05) is 41.4 Å². The Kier molecular flexibility index (Phi) is 6.08. The summed E-state index contributed by atoms with van der Waals surface area (Å²) in [4.78, 5) is 14.8. The van der Waals surface area contributed by atoms with E-state index in [-0.39, 0.29) is 11.9 Å². The second kappa shape index (κ2) is 8.48. The summed E-state index contributed by atoms with van der Waals surface area (Å²) in [5.41, 5.74) is 2.97. The molecular formula is C20H23ClN2O2. The van der Waals surface area contributed by atoms with Gasteiger partial charge in [0.1, 0.15) is 0 Å². The van der Waals surface area contributed by atoms with E-state index in [9.17, 15) is 4.79 Å². The number of nitrogens with zero attached hydrogens (tertiary/aromatic N) is 1. The van der Waals surface area contributed by atoms with E-state index in [1.807, 2.05) is 55.5 Å². The van der Waals surface area contributed by atoms with Gasteiger partial charge in [-0.25, -0.2) is 0 Å². The van der Waals surface area contributed by atoms with Crippen LogP contribution in [0, 0.1) is 6.92 Å². The van der Waals surface area contributed by atoms with Crippen molar-refractivity contribution in [1.82, 2.24) is 10.2 Å². The van der Waals surface area contributed by atoms with Crippen molar-refractivity contribution in [2.45, 2.75) is 13.0 Å². The van der Waals surface area contributed by atoms with E-state index in [1.165, 1.54) is 0 Å². The number of carbonyl (C=O) groups excluding carboxylic acids is 1. The van der Waals surface area contributed by atoms with Gasteiger partial charge in [0.15, 0.2) is 0 Å². The minimum Gasteiger partial charge on any atom is -0.379 e. The van der Waals surface area contributed by atoms with Gasteiger partial charge in [0, 0.05) is 30.2 Å². The predicted molar refractivity (Wildman–Crippen MR) is 100 cm³/mol. The molecule has 0 saturated carbocycles. The molecule has 1 aliphatic heterocycles. The zero-order valence-corrected chi connectivity index (χ0v) is 15.1. The summed E-state index contributed by atoms with van der Waals surface area (Å²) in [6.07, 6.45) is 0. The predicted octanol–water partition coefficient (Wildman–Crippen LogP) is 3.45. The highest BCUT2D eigenvalue weighted by atomic mass is 35.5. The molecule has 0 aromatic heterocycles. The highest BCUT2D eigenvalue weighted by Crippen LogP contribution is 2.23. The van der Waals surface area contributed by atoms with E-state index in [2.05, 4.69) is 10.2 Å². The van der Waals surface area contributed by atoms with Crippen molar-refractivity contribution in [2.75, 3.05) is 32.8 Å². The van der Waals surface area contributed by atoms with Crippen molar-refractivity contribution in [3.63, 3.8) is 0 Å². The molecule has 1 saturated heterocycles. The van der Waals surface area contributed by atoms with Crippen LogP contribution in [0.3, 0.4) is 0 Å². The van der Waals surface area contributed by atoms with Gasteiger partial charge < -0.3 is 10.1 Å². The number of hydrogen-bond donors (Lipinski definition) is 1. The quantitative estimate of drug-likeness (QED) is 0.890. The molecule has 1 aliphatic rings. The second-order valence-corrected chi connectivity index (χ2v) is 6.73. The van der Waals surface area contributed by atoms with Crippen molar-refractivity contribution in [3.05, 3.63) is 70.2 Å². The Hall–Kier alpha value is -1.88. The van der Waals surface area contributed by atoms with Gasteiger partial charge in [0.2, 0.25) is 0 Å². The van der Waals surface area contributed by atoms with Gasteiger partial charge in [-0.2, -0.15) is 0 Å². The van der Waals surface area contributed by atoms with Crippen LogP contribution in [0.1, 0.15) is 27.5 Å². The molecule has 1 fully saturated rings. The normalized spacial score (nSPS) is 16.4. The van der Waals surface area contributed by atoms with E-state index >= 15 is 0 Å². The van der Waals surface area contributed by atoms with E-state index in [0.29, 0.717) is 17.1 Å². The fourth-order valence-corrected chi connectivity index (χ4v) is 3.15. The Labute approximate surface area is 153 Å². The summed E-state index contributed by atoms with van der Waals surface area (Å²) in [5, 5.41) is 3.79. The first-order valence-corrected chi connectivity index (χ1v) is 8.93. The summed E-state index contributed by atoms with van der Waals surface area (Å²) < 4.78 is 5.46. The molecule has 1 atom stereocenters. The van der Waals surface area contributed by atoms with E-state index in [1.54, 1.807) is 0 Å². The molecule has 1 unspecified atom stereocenters. The molecule has 0 spiro atoms.